The Bertz CT molecular complexity index is 1000. The van der Waals surface area contributed by atoms with Gasteiger partial charge in [-0.15, -0.1) is 0 Å². The van der Waals surface area contributed by atoms with Gasteiger partial charge in [-0.05, 0) is 16.7 Å². The van der Waals surface area contributed by atoms with Crippen LogP contribution < -0.4 is 10.6 Å². The molecule has 0 aliphatic carbocycles. The maximum absolute atomic E-state index is 13.3. The highest BCUT2D eigenvalue weighted by molar-refractivity contribution is 7.85. The largest absolute Gasteiger partial charge is 0.448 e. The molecule has 180 valence electrons. The molecule has 1 atom stereocenters. The lowest BCUT2D eigenvalue weighted by molar-refractivity contribution is -0.197. The van der Waals surface area contributed by atoms with E-state index in [1.165, 1.54) is 13.8 Å². The fourth-order valence-corrected chi connectivity index (χ4v) is 4.10. The van der Waals surface area contributed by atoms with E-state index in [2.05, 4.69) is 15.4 Å². The normalized spacial score (nSPS) is 12.7. The van der Waals surface area contributed by atoms with Crippen molar-refractivity contribution in [2.24, 2.45) is 0 Å². The Hall–Kier alpha value is -2.48. The van der Waals surface area contributed by atoms with Crippen molar-refractivity contribution >= 4 is 62.8 Å². The minimum atomic E-state index is -5.28. The molecule has 1 rings (SSSR count). The predicted octanol–water partition coefficient (Wildman–Crippen LogP) is -1.02. The van der Waals surface area contributed by atoms with Crippen LogP contribution in [0.15, 0.2) is 0 Å². The van der Waals surface area contributed by atoms with Gasteiger partial charge >= 0.3 is 12.1 Å². The van der Waals surface area contributed by atoms with E-state index in [1.54, 1.807) is 23.5 Å². The Morgan fingerprint density at radius 2 is 1.33 bits per heavy atom. The van der Waals surface area contributed by atoms with Gasteiger partial charge in [0.2, 0.25) is 17.9 Å². The first-order chi connectivity index (χ1) is 15.1. The minimum Gasteiger partial charge on any atom is -0.448 e. The van der Waals surface area contributed by atoms with Crippen LogP contribution in [0.25, 0.3) is 0 Å². The fourth-order valence-electron chi connectivity index (χ4n) is 3.46. The van der Waals surface area contributed by atoms with Crippen molar-refractivity contribution < 1.29 is 45.3 Å². The summed E-state index contributed by atoms with van der Waals surface area (Å²) in [6, 6.07) is 0. The molecule has 0 aliphatic heterocycles. The first kappa shape index (κ1) is 28.6. The second-order valence-corrected chi connectivity index (χ2v) is 8.66. The van der Waals surface area contributed by atoms with Gasteiger partial charge in [0, 0.05) is 25.2 Å². The second kappa shape index (κ2) is 11.1. The average molecular weight is 490 g/mol. The van der Waals surface area contributed by atoms with Crippen molar-refractivity contribution in [1.82, 2.24) is 0 Å². The summed E-state index contributed by atoms with van der Waals surface area (Å²) in [6.07, 6.45) is -7.93. The maximum Gasteiger partial charge on any atom is 0.426 e. The molecule has 9 nitrogen and oxygen atoms in total. The van der Waals surface area contributed by atoms with E-state index in [0.29, 0.717) is 11.9 Å². The van der Waals surface area contributed by atoms with Crippen molar-refractivity contribution in [3.8, 4) is 0 Å². The molecular formula is C17H24B3F3N2O7S. The van der Waals surface area contributed by atoms with E-state index in [1.807, 2.05) is 0 Å². The molecule has 0 radical (unpaired) electrons. The van der Waals surface area contributed by atoms with Crippen LogP contribution in [-0.2, 0) is 43.4 Å². The third kappa shape index (κ3) is 7.52. The highest BCUT2D eigenvalue weighted by Crippen LogP contribution is 2.38. The smallest absolute Gasteiger partial charge is 0.426 e. The number of esters is 1. The van der Waals surface area contributed by atoms with Crippen LogP contribution in [0.1, 0.15) is 40.9 Å². The Morgan fingerprint density at radius 1 is 0.939 bits per heavy atom. The number of ether oxygens (including phenoxy) is 1. The molecule has 16 heteroatoms. The van der Waals surface area contributed by atoms with Crippen molar-refractivity contribution in [3.63, 3.8) is 0 Å². The van der Waals surface area contributed by atoms with Gasteiger partial charge in [0.05, 0.1) is 5.56 Å². The van der Waals surface area contributed by atoms with Crippen LogP contribution in [0, 0.1) is 0 Å². The number of amides is 2. The number of hydrogen-bond acceptors (Lipinski definition) is 6. The van der Waals surface area contributed by atoms with Gasteiger partial charge in [0.15, 0.2) is 0 Å². The van der Waals surface area contributed by atoms with Crippen LogP contribution in [0.3, 0.4) is 0 Å². The number of carbonyl (C=O) groups is 3. The highest BCUT2D eigenvalue weighted by atomic mass is 32.2. The minimum absolute atomic E-state index is 0.0926. The highest BCUT2D eigenvalue weighted by Gasteiger charge is 2.46. The van der Waals surface area contributed by atoms with Gasteiger partial charge in [-0.25, -0.2) is 4.79 Å². The molecule has 0 bridgehead atoms. The Morgan fingerprint density at radius 3 is 1.61 bits per heavy atom. The second-order valence-electron chi connectivity index (χ2n) is 7.17. The molecule has 0 saturated heterocycles. The molecule has 1 unspecified atom stereocenters. The molecule has 0 aromatic heterocycles. The van der Waals surface area contributed by atoms with Crippen molar-refractivity contribution in [2.75, 3.05) is 16.4 Å². The van der Waals surface area contributed by atoms with Crippen LogP contribution in [0.2, 0.25) is 0 Å². The summed E-state index contributed by atoms with van der Waals surface area (Å²) in [5.74, 6) is -4.42. The van der Waals surface area contributed by atoms with Gasteiger partial charge in [-0.3, -0.25) is 14.1 Å². The SMILES string of the molecule is BCc1c(NC(C)=O)c(CB)c(C(=O)OC(CS(=O)(=O)O)C(F)(F)F)c(CB)c1NC(C)=O. The maximum atomic E-state index is 13.3. The Balaban J connectivity index is 3.90. The summed E-state index contributed by atoms with van der Waals surface area (Å²) in [5, 5.41) is 5.14. The van der Waals surface area contributed by atoms with Gasteiger partial charge in [-0.1, -0.05) is 19.0 Å². The van der Waals surface area contributed by atoms with E-state index in [4.69, 9.17) is 4.55 Å². The van der Waals surface area contributed by atoms with Crippen molar-refractivity contribution in [2.45, 2.75) is 45.1 Å². The first-order valence-electron chi connectivity index (χ1n) is 10.1. The van der Waals surface area contributed by atoms with E-state index in [0.717, 1.165) is 0 Å². The van der Waals surface area contributed by atoms with E-state index in [9.17, 15) is 36.0 Å². The molecule has 0 heterocycles. The zero-order valence-electron chi connectivity index (χ0n) is 18.8. The zero-order valence-corrected chi connectivity index (χ0v) is 19.7. The van der Waals surface area contributed by atoms with Gasteiger partial charge < -0.3 is 15.4 Å². The third-order valence-electron chi connectivity index (χ3n) is 4.65. The quantitative estimate of drug-likeness (QED) is 0.229. The fraction of sp³-hybridized carbons (Fsp3) is 0.471. The number of anilines is 2. The molecule has 0 fully saturated rings. The lowest BCUT2D eigenvalue weighted by atomic mass is 9.79. The summed E-state index contributed by atoms with van der Waals surface area (Å²) in [4.78, 5) is 36.7. The number of halogens is 3. The zero-order chi connectivity index (χ0) is 25.7. The lowest BCUT2D eigenvalue weighted by Gasteiger charge is -2.26. The molecule has 1 aromatic rings. The van der Waals surface area contributed by atoms with Crippen LogP contribution in [0.5, 0.6) is 0 Å². The molecular weight excluding hydrogens is 466 g/mol. The van der Waals surface area contributed by atoms with Gasteiger partial charge in [-0.2, -0.15) is 21.6 Å². The Labute approximate surface area is 192 Å². The van der Waals surface area contributed by atoms with E-state index in [-0.39, 0.29) is 40.7 Å². The molecule has 3 N–H and O–H groups in total. The average Bonchev–Trinajstić information content (AvgIpc) is 2.64. The third-order valence-corrected chi connectivity index (χ3v) is 5.38. The van der Waals surface area contributed by atoms with Crippen LogP contribution in [-0.4, -0.2) is 72.3 Å². The van der Waals surface area contributed by atoms with Crippen LogP contribution >= 0.6 is 0 Å². The molecule has 0 aliphatic rings. The molecule has 2 amide bonds. The van der Waals surface area contributed by atoms with E-state index < -0.39 is 45.9 Å². The number of rotatable bonds is 9. The van der Waals surface area contributed by atoms with Crippen LogP contribution in [0.4, 0.5) is 24.5 Å². The molecule has 33 heavy (non-hydrogen) atoms. The predicted molar refractivity (Wildman–Crippen MR) is 123 cm³/mol. The van der Waals surface area contributed by atoms with Gasteiger partial charge in [0.1, 0.15) is 29.3 Å². The standard InChI is InChI=1S/C17H24B3F3N2O7S/c1-7(26)24-14-9(3-18)13(10(4-19)15(11(14)5-20)25-8(2)27)16(28)32-12(17(21,22)23)6-33(29,30)31/h12H,3-6,18-20H2,1-2H3,(H,24,26)(H,25,27)(H,29,30,31). The molecule has 0 saturated carbocycles. The number of carbonyl (C=O) groups excluding carboxylic acids is 3. The number of benzene rings is 1. The van der Waals surface area contributed by atoms with Crippen molar-refractivity contribution in [3.05, 3.63) is 22.3 Å². The monoisotopic (exact) mass is 490 g/mol. The van der Waals surface area contributed by atoms with Crippen molar-refractivity contribution in [1.29, 1.82) is 0 Å². The van der Waals surface area contributed by atoms with Gasteiger partial charge in [0.25, 0.3) is 10.1 Å². The summed E-state index contributed by atoms with van der Waals surface area (Å²) in [6.45, 7) is 2.41. The molecule has 0 spiro atoms. The summed E-state index contributed by atoms with van der Waals surface area (Å²) in [5.41, 5.74) is 0.791. The number of nitrogens with one attached hydrogen (secondary N) is 2. The number of alkyl halides is 3. The molecule has 1 aromatic carbocycles. The lowest BCUT2D eigenvalue weighted by Crippen LogP contribution is -2.40. The summed E-state index contributed by atoms with van der Waals surface area (Å²) >= 11 is 0. The first-order valence-corrected chi connectivity index (χ1v) is 11.7. The van der Waals surface area contributed by atoms with E-state index >= 15 is 0 Å². The Kier molecular flexibility index (Phi) is 9.60. The summed E-state index contributed by atoms with van der Waals surface area (Å²) < 4.78 is 75.6. The topological polar surface area (TPSA) is 139 Å². The summed E-state index contributed by atoms with van der Waals surface area (Å²) in [7, 11) is -0.195. The number of hydrogen-bond donors (Lipinski definition) is 3.